The summed E-state index contributed by atoms with van der Waals surface area (Å²) in [7, 11) is 0. The molecule has 2 unspecified atom stereocenters. The number of amides is 3. The van der Waals surface area contributed by atoms with Crippen molar-refractivity contribution in [1.29, 1.82) is 0 Å². The van der Waals surface area contributed by atoms with Crippen molar-refractivity contribution in [2.75, 3.05) is 13.1 Å². The van der Waals surface area contributed by atoms with Crippen LogP contribution in [0.1, 0.15) is 28.9 Å². The zero-order valence-corrected chi connectivity index (χ0v) is 14.9. The molecule has 2 atom stereocenters. The number of nitrogens with zero attached hydrogens (tertiary/aromatic N) is 2. The molecule has 142 valence electrons. The van der Waals surface area contributed by atoms with Crippen LogP contribution < -0.4 is 16.0 Å². The highest BCUT2D eigenvalue weighted by atomic mass is 16.2. The summed E-state index contributed by atoms with van der Waals surface area (Å²) in [6.07, 6.45) is 4.93. The van der Waals surface area contributed by atoms with Crippen molar-refractivity contribution >= 4 is 29.7 Å². The maximum absolute atomic E-state index is 12.2. The average Bonchev–Trinajstić information content (AvgIpc) is 3.24. The largest absolute Gasteiger partial charge is 0.356 e. The van der Waals surface area contributed by atoms with Crippen molar-refractivity contribution in [2.45, 2.75) is 25.8 Å². The number of aryl methyl sites for hydroxylation is 1. The van der Waals surface area contributed by atoms with Crippen LogP contribution in [0.25, 0.3) is 5.65 Å². The smallest absolute Gasteiger partial charge is 0.271 e. The molecule has 3 heterocycles. The van der Waals surface area contributed by atoms with E-state index in [-0.39, 0.29) is 30.5 Å². The normalized spacial score (nSPS) is 17.4. The summed E-state index contributed by atoms with van der Waals surface area (Å²) in [5.74, 6) is -1.37. The third-order valence-corrected chi connectivity index (χ3v) is 4.45. The molecule has 0 spiro atoms. The minimum Gasteiger partial charge on any atom is -0.356 e. The van der Waals surface area contributed by atoms with Gasteiger partial charge in [-0.3, -0.25) is 14.4 Å². The van der Waals surface area contributed by atoms with Gasteiger partial charge in [0.05, 0.1) is 12.6 Å². The summed E-state index contributed by atoms with van der Waals surface area (Å²) in [5.41, 5.74) is 1.86. The molecule has 0 bridgehead atoms. The summed E-state index contributed by atoms with van der Waals surface area (Å²) in [4.78, 5) is 51.2. The standard InChI is InChI=1S/C18H21N5O4/c1-11-2-3-15-22-14(9-23(15)8-11)18(27)20-7-16(25)21-13(10-24)6-12-4-5-19-17(12)26/h2-3,8-10,12-13H,4-7H2,1H3,(H,19,26)(H,20,27)(H,21,25). The molecular weight excluding hydrogens is 350 g/mol. The van der Waals surface area contributed by atoms with Crippen LogP contribution in [-0.4, -0.2) is 52.5 Å². The van der Waals surface area contributed by atoms with Gasteiger partial charge in [-0.2, -0.15) is 0 Å². The monoisotopic (exact) mass is 371 g/mol. The van der Waals surface area contributed by atoms with Gasteiger partial charge in [-0.25, -0.2) is 4.98 Å². The molecule has 27 heavy (non-hydrogen) atoms. The molecule has 1 aliphatic heterocycles. The minimum absolute atomic E-state index is 0.105. The van der Waals surface area contributed by atoms with E-state index in [1.54, 1.807) is 16.7 Å². The lowest BCUT2D eigenvalue weighted by atomic mass is 9.99. The second-order valence-corrected chi connectivity index (χ2v) is 6.60. The third-order valence-electron chi connectivity index (χ3n) is 4.45. The topological polar surface area (TPSA) is 122 Å². The number of pyridine rings is 1. The van der Waals surface area contributed by atoms with Crippen molar-refractivity contribution in [1.82, 2.24) is 25.3 Å². The Bertz CT molecular complexity index is 891. The van der Waals surface area contributed by atoms with Crippen LogP contribution >= 0.6 is 0 Å². The van der Waals surface area contributed by atoms with Crippen molar-refractivity contribution in [2.24, 2.45) is 5.92 Å². The predicted octanol–water partition coefficient (Wildman–Crippen LogP) is -0.418. The zero-order chi connectivity index (χ0) is 19.4. The molecule has 3 rings (SSSR count). The maximum atomic E-state index is 12.2. The first-order valence-electron chi connectivity index (χ1n) is 8.72. The SMILES string of the molecule is Cc1ccc2nc(C(=O)NCC(=O)NC(C=O)CC3CCNC3=O)cn2c1. The Labute approximate surface area is 155 Å². The van der Waals surface area contributed by atoms with Crippen LogP contribution in [0, 0.1) is 12.8 Å². The molecule has 0 aromatic carbocycles. The van der Waals surface area contributed by atoms with Gasteiger partial charge >= 0.3 is 0 Å². The first-order chi connectivity index (χ1) is 13.0. The molecule has 2 aromatic heterocycles. The minimum atomic E-state index is -0.763. The van der Waals surface area contributed by atoms with Gasteiger partial charge < -0.3 is 25.1 Å². The van der Waals surface area contributed by atoms with Gasteiger partial charge in [0.15, 0.2) is 0 Å². The van der Waals surface area contributed by atoms with Crippen LogP contribution in [0.5, 0.6) is 0 Å². The Hall–Kier alpha value is -3.23. The molecule has 9 nitrogen and oxygen atoms in total. The maximum Gasteiger partial charge on any atom is 0.271 e. The molecular formula is C18H21N5O4. The number of imidazole rings is 1. The van der Waals surface area contributed by atoms with Crippen LogP contribution in [0.15, 0.2) is 24.5 Å². The van der Waals surface area contributed by atoms with E-state index >= 15 is 0 Å². The molecule has 1 fully saturated rings. The summed E-state index contributed by atoms with van der Waals surface area (Å²) in [5, 5.41) is 7.70. The van der Waals surface area contributed by atoms with Gasteiger partial charge in [0.1, 0.15) is 17.6 Å². The molecule has 1 saturated heterocycles. The summed E-state index contributed by atoms with van der Waals surface area (Å²) >= 11 is 0. The van der Waals surface area contributed by atoms with Crippen molar-refractivity contribution in [3.8, 4) is 0 Å². The highest BCUT2D eigenvalue weighted by molar-refractivity contribution is 5.95. The van der Waals surface area contributed by atoms with E-state index in [4.69, 9.17) is 0 Å². The number of aldehydes is 1. The predicted molar refractivity (Wildman–Crippen MR) is 96.0 cm³/mol. The molecule has 3 N–H and O–H groups in total. The molecule has 0 aliphatic carbocycles. The fourth-order valence-corrected chi connectivity index (χ4v) is 3.05. The van der Waals surface area contributed by atoms with Gasteiger partial charge in [-0.15, -0.1) is 0 Å². The summed E-state index contributed by atoms with van der Waals surface area (Å²) in [6.45, 7) is 2.23. The molecule has 0 saturated carbocycles. The Morgan fingerprint density at radius 2 is 2.22 bits per heavy atom. The van der Waals surface area contributed by atoms with E-state index in [9.17, 15) is 19.2 Å². The van der Waals surface area contributed by atoms with Crippen molar-refractivity contribution in [3.63, 3.8) is 0 Å². The number of rotatable bonds is 7. The first kappa shape index (κ1) is 18.6. The van der Waals surface area contributed by atoms with Crippen LogP contribution in [0.2, 0.25) is 0 Å². The Balaban J connectivity index is 1.51. The molecule has 0 radical (unpaired) electrons. The first-order valence-corrected chi connectivity index (χ1v) is 8.72. The highest BCUT2D eigenvalue weighted by Gasteiger charge is 2.27. The second kappa shape index (κ2) is 7.98. The van der Waals surface area contributed by atoms with Gasteiger partial charge in [0, 0.05) is 24.9 Å². The van der Waals surface area contributed by atoms with Crippen molar-refractivity contribution < 1.29 is 19.2 Å². The van der Waals surface area contributed by atoms with Crippen LogP contribution in [-0.2, 0) is 14.4 Å². The lowest BCUT2D eigenvalue weighted by Gasteiger charge is -2.15. The summed E-state index contributed by atoms with van der Waals surface area (Å²) < 4.78 is 1.74. The Morgan fingerprint density at radius 1 is 1.41 bits per heavy atom. The zero-order valence-electron chi connectivity index (χ0n) is 14.9. The number of fused-ring (bicyclic) bond motifs is 1. The van der Waals surface area contributed by atoms with Crippen LogP contribution in [0.3, 0.4) is 0 Å². The van der Waals surface area contributed by atoms with Gasteiger partial charge in [-0.05, 0) is 31.4 Å². The second-order valence-electron chi connectivity index (χ2n) is 6.60. The highest BCUT2D eigenvalue weighted by Crippen LogP contribution is 2.15. The van der Waals surface area contributed by atoms with E-state index < -0.39 is 17.9 Å². The number of carbonyl (C=O) groups excluding carboxylic acids is 4. The van der Waals surface area contributed by atoms with E-state index in [2.05, 4.69) is 20.9 Å². The lowest BCUT2D eigenvalue weighted by Crippen LogP contribution is -2.44. The van der Waals surface area contributed by atoms with Gasteiger partial charge in [-0.1, -0.05) is 6.07 Å². The molecule has 1 aliphatic rings. The van der Waals surface area contributed by atoms with Crippen molar-refractivity contribution in [3.05, 3.63) is 35.8 Å². The van der Waals surface area contributed by atoms with Crippen LogP contribution in [0.4, 0.5) is 0 Å². The van der Waals surface area contributed by atoms with Gasteiger partial charge in [0.25, 0.3) is 5.91 Å². The Morgan fingerprint density at radius 3 is 2.93 bits per heavy atom. The summed E-state index contributed by atoms with van der Waals surface area (Å²) in [6, 6.07) is 2.93. The van der Waals surface area contributed by atoms with E-state index in [0.29, 0.717) is 24.9 Å². The molecule has 2 aromatic rings. The quantitative estimate of drug-likeness (QED) is 0.571. The van der Waals surface area contributed by atoms with E-state index in [0.717, 1.165) is 5.56 Å². The lowest BCUT2D eigenvalue weighted by molar-refractivity contribution is -0.125. The average molecular weight is 371 g/mol. The van der Waals surface area contributed by atoms with E-state index in [1.165, 1.54) is 0 Å². The third kappa shape index (κ3) is 4.49. The number of nitrogens with one attached hydrogen (secondary N) is 3. The number of hydrogen-bond acceptors (Lipinski definition) is 5. The Kier molecular flexibility index (Phi) is 5.49. The molecule has 9 heteroatoms. The van der Waals surface area contributed by atoms with E-state index in [1.807, 2.05) is 19.2 Å². The number of aromatic nitrogens is 2. The number of carbonyl (C=O) groups is 4. The molecule has 3 amide bonds. The number of hydrogen-bond donors (Lipinski definition) is 3. The fourth-order valence-electron chi connectivity index (χ4n) is 3.05. The van der Waals surface area contributed by atoms with Gasteiger partial charge in [0.2, 0.25) is 11.8 Å². The fraction of sp³-hybridized carbons (Fsp3) is 0.389.